The van der Waals surface area contributed by atoms with E-state index < -0.39 is 0 Å². The number of hydrogen-bond donors (Lipinski definition) is 0. The molecule has 0 spiro atoms. The first-order valence-corrected chi connectivity index (χ1v) is 9.20. The Bertz CT molecular complexity index is 964. The first-order chi connectivity index (χ1) is 13.2. The van der Waals surface area contributed by atoms with Gasteiger partial charge in [-0.15, -0.1) is 0 Å². The molecule has 1 aliphatic heterocycles. The van der Waals surface area contributed by atoms with Crippen LogP contribution < -0.4 is 9.64 Å². The fourth-order valence-electron chi connectivity index (χ4n) is 3.59. The molecule has 0 bridgehead atoms. The van der Waals surface area contributed by atoms with Crippen molar-refractivity contribution in [2.24, 2.45) is 0 Å². The molecule has 27 heavy (non-hydrogen) atoms. The summed E-state index contributed by atoms with van der Waals surface area (Å²) < 4.78 is 5.40. The molecule has 1 aromatic heterocycles. The van der Waals surface area contributed by atoms with Crippen molar-refractivity contribution in [3.05, 3.63) is 54.6 Å². The van der Waals surface area contributed by atoms with Crippen LogP contribution in [0.4, 0.5) is 5.82 Å². The summed E-state index contributed by atoms with van der Waals surface area (Å²) in [5.41, 5.74) is 3.24. The van der Waals surface area contributed by atoms with E-state index in [0.29, 0.717) is 0 Å². The highest BCUT2D eigenvalue weighted by Crippen LogP contribution is 2.33. The summed E-state index contributed by atoms with van der Waals surface area (Å²) in [7, 11) is 1.67. The van der Waals surface area contributed by atoms with E-state index in [1.807, 2.05) is 23.1 Å². The van der Waals surface area contributed by atoms with Crippen LogP contribution >= 0.6 is 0 Å². The van der Waals surface area contributed by atoms with Gasteiger partial charge >= 0.3 is 0 Å². The third-order valence-corrected chi connectivity index (χ3v) is 5.14. The number of fused-ring (bicyclic) bond motifs is 1. The summed E-state index contributed by atoms with van der Waals surface area (Å²) in [6, 6.07) is 18.6. The predicted octanol–water partition coefficient (Wildman–Crippen LogP) is 3.58. The molecule has 0 unspecified atom stereocenters. The maximum absolute atomic E-state index is 11.6. The molecule has 2 aromatic carbocycles. The number of amides is 1. The Balaban J connectivity index is 1.78. The van der Waals surface area contributed by atoms with E-state index in [0.717, 1.165) is 54.2 Å². The van der Waals surface area contributed by atoms with Crippen molar-refractivity contribution in [2.75, 3.05) is 38.2 Å². The SMILES string of the molecule is COc1ccc2c(-c3ccccc3)cc(N3CCN(C(C)=O)CC3)nc2c1. The molecular formula is C22H23N3O2. The molecule has 0 saturated carbocycles. The van der Waals surface area contributed by atoms with Gasteiger partial charge in [0.2, 0.25) is 5.91 Å². The highest BCUT2D eigenvalue weighted by Gasteiger charge is 2.21. The van der Waals surface area contributed by atoms with Gasteiger partial charge in [0.25, 0.3) is 0 Å². The number of piperazine rings is 1. The lowest BCUT2D eigenvalue weighted by molar-refractivity contribution is -0.129. The van der Waals surface area contributed by atoms with Crippen molar-refractivity contribution < 1.29 is 9.53 Å². The average molecular weight is 361 g/mol. The monoisotopic (exact) mass is 361 g/mol. The number of hydrogen-bond acceptors (Lipinski definition) is 4. The van der Waals surface area contributed by atoms with Crippen LogP contribution in [0.5, 0.6) is 5.75 Å². The van der Waals surface area contributed by atoms with Gasteiger partial charge in [-0.05, 0) is 29.3 Å². The van der Waals surface area contributed by atoms with E-state index >= 15 is 0 Å². The first-order valence-electron chi connectivity index (χ1n) is 9.20. The number of rotatable bonds is 3. The van der Waals surface area contributed by atoms with E-state index in [1.54, 1.807) is 14.0 Å². The van der Waals surface area contributed by atoms with Gasteiger partial charge in [-0.1, -0.05) is 30.3 Å². The van der Waals surface area contributed by atoms with Crippen LogP contribution in [-0.4, -0.2) is 49.1 Å². The summed E-state index contributed by atoms with van der Waals surface area (Å²) in [6.07, 6.45) is 0. The number of anilines is 1. The zero-order valence-corrected chi connectivity index (χ0v) is 15.7. The van der Waals surface area contributed by atoms with E-state index in [-0.39, 0.29) is 5.91 Å². The van der Waals surface area contributed by atoms with Crippen LogP contribution in [0.3, 0.4) is 0 Å². The Morgan fingerprint density at radius 2 is 1.74 bits per heavy atom. The van der Waals surface area contributed by atoms with Crippen molar-refractivity contribution in [3.63, 3.8) is 0 Å². The normalized spacial score (nSPS) is 14.4. The highest BCUT2D eigenvalue weighted by atomic mass is 16.5. The third-order valence-electron chi connectivity index (χ3n) is 5.14. The molecular weight excluding hydrogens is 338 g/mol. The molecule has 1 amide bonds. The van der Waals surface area contributed by atoms with Gasteiger partial charge in [-0.3, -0.25) is 4.79 Å². The van der Waals surface area contributed by atoms with Gasteiger partial charge in [0.05, 0.1) is 12.6 Å². The Morgan fingerprint density at radius 1 is 1.00 bits per heavy atom. The van der Waals surface area contributed by atoms with Crippen LogP contribution in [0.15, 0.2) is 54.6 Å². The summed E-state index contributed by atoms with van der Waals surface area (Å²) in [4.78, 5) is 20.7. The largest absolute Gasteiger partial charge is 0.497 e. The summed E-state index contributed by atoms with van der Waals surface area (Å²) in [6.45, 7) is 4.66. The van der Waals surface area contributed by atoms with Crippen LogP contribution in [0.25, 0.3) is 22.0 Å². The zero-order valence-electron chi connectivity index (χ0n) is 15.7. The van der Waals surface area contributed by atoms with E-state index in [9.17, 15) is 4.79 Å². The lowest BCUT2D eigenvalue weighted by atomic mass is 10.0. The van der Waals surface area contributed by atoms with Crippen LogP contribution in [0, 0.1) is 0 Å². The summed E-state index contributed by atoms with van der Waals surface area (Å²) in [5.74, 6) is 1.88. The van der Waals surface area contributed by atoms with Gasteiger partial charge < -0.3 is 14.5 Å². The number of aromatic nitrogens is 1. The molecule has 1 saturated heterocycles. The van der Waals surface area contributed by atoms with Crippen molar-refractivity contribution in [2.45, 2.75) is 6.92 Å². The van der Waals surface area contributed by atoms with Gasteiger partial charge in [-0.25, -0.2) is 4.98 Å². The maximum Gasteiger partial charge on any atom is 0.219 e. The molecule has 0 atom stereocenters. The number of benzene rings is 2. The van der Waals surface area contributed by atoms with Gasteiger partial charge in [0, 0.05) is 44.6 Å². The highest BCUT2D eigenvalue weighted by molar-refractivity contribution is 5.96. The van der Waals surface area contributed by atoms with E-state index in [4.69, 9.17) is 9.72 Å². The molecule has 1 fully saturated rings. The number of ether oxygens (including phenoxy) is 1. The quantitative estimate of drug-likeness (QED) is 0.715. The number of carbonyl (C=O) groups excluding carboxylic acids is 1. The number of nitrogens with zero attached hydrogens (tertiary/aromatic N) is 3. The maximum atomic E-state index is 11.6. The van der Waals surface area contributed by atoms with Gasteiger partial charge in [-0.2, -0.15) is 0 Å². The average Bonchev–Trinajstić information content (AvgIpc) is 2.73. The smallest absolute Gasteiger partial charge is 0.219 e. The fourth-order valence-corrected chi connectivity index (χ4v) is 3.59. The fraction of sp³-hybridized carbons (Fsp3) is 0.273. The molecule has 4 rings (SSSR count). The molecule has 0 radical (unpaired) electrons. The van der Waals surface area contributed by atoms with E-state index in [2.05, 4.69) is 41.3 Å². The molecule has 2 heterocycles. The number of methoxy groups -OCH3 is 1. The summed E-state index contributed by atoms with van der Waals surface area (Å²) in [5, 5.41) is 1.10. The minimum Gasteiger partial charge on any atom is -0.497 e. The number of pyridine rings is 1. The van der Waals surface area contributed by atoms with Crippen molar-refractivity contribution >= 4 is 22.6 Å². The van der Waals surface area contributed by atoms with Crippen LogP contribution in [0.2, 0.25) is 0 Å². The second-order valence-corrected chi connectivity index (χ2v) is 6.77. The Morgan fingerprint density at radius 3 is 2.41 bits per heavy atom. The Hall–Kier alpha value is -3.08. The van der Waals surface area contributed by atoms with Crippen molar-refractivity contribution in [1.82, 2.24) is 9.88 Å². The standard InChI is InChI=1S/C22H23N3O2/c1-16(26)24-10-12-25(13-11-24)22-15-20(17-6-4-3-5-7-17)19-9-8-18(27-2)14-21(19)23-22/h3-9,14-15H,10-13H2,1-2H3. The molecule has 138 valence electrons. The van der Waals surface area contributed by atoms with Crippen LogP contribution in [0.1, 0.15) is 6.92 Å². The van der Waals surface area contributed by atoms with Crippen molar-refractivity contribution in [3.8, 4) is 16.9 Å². The molecule has 5 heteroatoms. The topological polar surface area (TPSA) is 45.7 Å². The second kappa shape index (κ2) is 7.27. The Labute approximate surface area is 159 Å². The second-order valence-electron chi connectivity index (χ2n) is 6.77. The lowest BCUT2D eigenvalue weighted by Crippen LogP contribution is -2.48. The predicted molar refractivity (Wildman–Crippen MR) is 108 cm³/mol. The third kappa shape index (κ3) is 3.45. The van der Waals surface area contributed by atoms with Crippen LogP contribution in [-0.2, 0) is 4.79 Å². The molecule has 5 nitrogen and oxygen atoms in total. The molecule has 3 aromatic rings. The summed E-state index contributed by atoms with van der Waals surface area (Å²) >= 11 is 0. The number of carbonyl (C=O) groups is 1. The van der Waals surface area contributed by atoms with Crippen molar-refractivity contribution in [1.29, 1.82) is 0 Å². The minimum absolute atomic E-state index is 0.135. The molecule has 1 aliphatic rings. The zero-order chi connectivity index (χ0) is 18.8. The first kappa shape index (κ1) is 17.3. The molecule has 0 N–H and O–H groups in total. The Kier molecular flexibility index (Phi) is 4.67. The van der Waals surface area contributed by atoms with Gasteiger partial charge in [0.15, 0.2) is 0 Å². The molecule has 0 aliphatic carbocycles. The lowest BCUT2D eigenvalue weighted by Gasteiger charge is -2.35. The van der Waals surface area contributed by atoms with E-state index in [1.165, 1.54) is 5.56 Å². The minimum atomic E-state index is 0.135. The van der Waals surface area contributed by atoms with Gasteiger partial charge in [0.1, 0.15) is 11.6 Å².